The number of benzene rings is 2. The topological polar surface area (TPSA) is 138 Å². The van der Waals surface area contributed by atoms with E-state index in [1.165, 1.54) is 12.7 Å². The van der Waals surface area contributed by atoms with Crippen molar-refractivity contribution in [1.29, 1.82) is 0 Å². The molecular weight excluding hydrogens is 414 g/mol. The van der Waals surface area contributed by atoms with Crippen LogP contribution in [0, 0.1) is 6.92 Å². The van der Waals surface area contributed by atoms with Gasteiger partial charge in [0.25, 0.3) is 0 Å². The van der Waals surface area contributed by atoms with E-state index in [0.29, 0.717) is 17.7 Å². The fraction of sp³-hybridized carbons (Fsp3) is 0.348. The minimum atomic E-state index is -1.41. The van der Waals surface area contributed by atoms with Gasteiger partial charge in [0.15, 0.2) is 0 Å². The first-order chi connectivity index (χ1) is 15.5. The smallest absolute Gasteiger partial charge is 0.324 e. The molecule has 4 rings (SSSR count). The summed E-state index contributed by atoms with van der Waals surface area (Å²) in [6.07, 6.45) is -2.55. The summed E-state index contributed by atoms with van der Waals surface area (Å²) in [6.45, 7) is 1.53. The molecule has 1 fully saturated rings. The lowest BCUT2D eigenvalue weighted by Gasteiger charge is -2.40. The first-order valence-electron chi connectivity index (χ1n) is 10.2. The number of hydrogen-bond donors (Lipinski definition) is 4. The molecule has 0 saturated carbocycles. The predicted molar refractivity (Wildman–Crippen MR) is 113 cm³/mol. The minimum absolute atomic E-state index is 0.218. The highest BCUT2D eigenvalue weighted by Gasteiger charge is 2.43. The summed E-state index contributed by atoms with van der Waals surface area (Å²) >= 11 is 0. The number of rotatable bonds is 6. The second-order valence-electron chi connectivity index (χ2n) is 7.78. The van der Waals surface area contributed by atoms with Gasteiger partial charge in [0.1, 0.15) is 48.9 Å². The third-order valence-electron chi connectivity index (χ3n) is 5.59. The summed E-state index contributed by atoms with van der Waals surface area (Å²) in [5.41, 5.74) is 3.79. The molecule has 32 heavy (non-hydrogen) atoms. The van der Waals surface area contributed by atoms with E-state index in [1.807, 2.05) is 49.4 Å². The van der Waals surface area contributed by atoms with Crippen molar-refractivity contribution >= 4 is 0 Å². The summed E-state index contributed by atoms with van der Waals surface area (Å²) in [6, 6.07) is 13.4. The van der Waals surface area contributed by atoms with Gasteiger partial charge in [-0.3, -0.25) is 0 Å². The van der Waals surface area contributed by atoms with Crippen molar-refractivity contribution in [3.63, 3.8) is 0 Å². The fourth-order valence-electron chi connectivity index (χ4n) is 3.72. The van der Waals surface area contributed by atoms with Crippen LogP contribution in [0.3, 0.4) is 0 Å². The summed E-state index contributed by atoms with van der Waals surface area (Å²) < 4.78 is 11.3. The first-order valence-corrected chi connectivity index (χ1v) is 10.2. The van der Waals surface area contributed by atoms with E-state index in [-0.39, 0.29) is 6.01 Å². The molecule has 1 aromatic heterocycles. The first kappa shape index (κ1) is 22.3. The number of aliphatic hydroxyl groups is 4. The Balaban J connectivity index is 1.50. The summed E-state index contributed by atoms with van der Waals surface area (Å²) in [5.74, 6) is 0.603. The standard InChI is InChI=1S/C23H25N3O6/c1-13-2-5-15(22-21(30)20(29)19(28)18(10-27)32-22)9-16(13)8-14-3-6-17(7-4-14)31-23-25-11-24-12-26-23/h2-7,9,11-12,18-22,27-30H,8,10H2,1H3/t18-,19-,20+,21-,22?/m1/s1. The number of aliphatic hydroxyl groups excluding tert-OH is 4. The number of aromatic nitrogens is 3. The number of aryl methyl sites for hydroxylation is 1. The van der Waals surface area contributed by atoms with Crippen LogP contribution in [0.5, 0.6) is 11.8 Å². The van der Waals surface area contributed by atoms with Gasteiger partial charge in [-0.2, -0.15) is 9.97 Å². The third kappa shape index (κ3) is 4.77. The molecule has 0 spiro atoms. The molecular formula is C23H25N3O6. The quantitative estimate of drug-likeness (QED) is 0.444. The molecule has 9 nitrogen and oxygen atoms in total. The third-order valence-corrected chi connectivity index (χ3v) is 5.59. The van der Waals surface area contributed by atoms with E-state index in [4.69, 9.17) is 9.47 Å². The van der Waals surface area contributed by atoms with Gasteiger partial charge < -0.3 is 29.9 Å². The van der Waals surface area contributed by atoms with Crippen LogP contribution in [0.1, 0.15) is 28.4 Å². The zero-order valence-corrected chi connectivity index (χ0v) is 17.4. The van der Waals surface area contributed by atoms with Crippen molar-refractivity contribution in [3.05, 3.63) is 77.4 Å². The Morgan fingerprint density at radius 3 is 2.34 bits per heavy atom. The molecule has 9 heteroatoms. The van der Waals surface area contributed by atoms with Crippen molar-refractivity contribution in [3.8, 4) is 11.8 Å². The van der Waals surface area contributed by atoms with E-state index >= 15 is 0 Å². The van der Waals surface area contributed by atoms with Crippen LogP contribution in [0.25, 0.3) is 0 Å². The lowest BCUT2D eigenvalue weighted by molar-refractivity contribution is -0.231. The Morgan fingerprint density at radius 2 is 1.66 bits per heavy atom. The van der Waals surface area contributed by atoms with Crippen LogP contribution >= 0.6 is 0 Å². The van der Waals surface area contributed by atoms with Crippen LogP contribution in [0.15, 0.2) is 55.1 Å². The zero-order chi connectivity index (χ0) is 22.7. The molecule has 0 amide bonds. The maximum atomic E-state index is 10.4. The zero-order valence-electron chi connectivity index (χ0n) is 17.4. The van der Waals surface area contributed by atoms with Gasteiger partial charge in [0.2, 0.25) is 0 Å². The largest absolute Gasteiger partial charge is 0.424 e. The molecule has 1 aliphatic rings. The summed E-state index contributed by atoms with van der Waals surface area (Å²) in [7, 11) is 0. The average molecular weight is 439 g/mol. The summed E-state index contributed by atoms with van der Waals surface area (Å²) in [5, 5.41) is 40.0. The van der Waals surface area contributed by atoms with Gasteiger partial charge in [-0.05, 0) is 47.7 Å². The van der Waals surface area contributed by atoms with Gasteiger partial charge in [-0.1, -0.05) is 30.3 Å². The number of hydrogen-bond acceptors (Lipinski definition) is 9. The molecule has 0 radical (unpaired) electrons. The monoisotopic (exact) mass is 439 g/mol. The molecule has 4 N–H and O–H groups in total. The van der Waals surface area contributed by atoms with Gasteiger partial charge in [0, 0.05) is 0 Å². The molecule has 3 aromatic rings. The van der Waals surface area contributed by atoms with Crippen LogP contribution in [0.4, 0.5) is 0 Å². The SMILES string of the molecule is Cc1ccc(C2O[C@H](CO)[C@@H](O)[C@H](O)[C@H]2O)cc1Cc1ccc(Oc2ncncn2)cc1. The van der Waals surface area contributed by atoms with E-state index < -0.39 is 37.1 Å². The molecule has 1 saturated heterocycles. The maximum absolute atomic E-state index is 10.4. The van der Waals surface area contributed by atoms with Crippen molar-refractivity contribution in [1.82, 2.24) is 15.0 Å². The molecule has 0 bridgehead atoms. The predicted octanol–water partition coefficient (Wildman–Crippen LogP) is 1.08. The number of ether oxygens (including phenoxy) is 2. The second kappa shape index (κ2) is 9.68. The molecule has 0 aliphatic carbocycles. The molecule has 1 unspecified atom stereocenters. The van der Waals surface area contributed by atoms with Crippen molar-refractivity contribution in [2.45, 2.75) is 43.9 Å². The minimum Gasteiger partial charge on any atom is -0.424 e. The van der Waals surface area contributed by atoms with Crippen molar-refractivity contribution in [2.24, 2.45) is 0 Å². The highest BCUT2D eigenvalue weighted by atomic mass is 16.5. The van der Waals surface area contributed by atoms with Crippen LogP contribution in [-0.4, -0.2) is 66.4 Å². The van der Waals surface area contributed by atoms with Gasteiger partial charge in [-0.25, -0.2) is 4.98 Å². The normalized spacial score (nSPS) is 25.5. The lowest BCUT2D eigenvalue weighted by atomic mass is 9.89. The van der Waals surface area contributed by atoms with Crippen LogP contribution < -0.4 is 4.74 Å². The average Bonchev–Trinajstić information content (AvgIpc) is 2.81. The Morgan fingerprint density at radius 1 is 0.938 bits per heavy atom. The molecule has 5 atom stereocenters. The summed E-state index contributed by atoms with van der Waals surface area (Å²) in [4.78, 5) is 11.6. The Hall–Kier alpha value is -2.95. The van der Waals surface area contributed by atoms with Crippen LogP contribution in [-0.2, 0) is 11.2 Å². The van der Waals surface area contributed by atoms with E-state index in [1.54, 1.807) is 0 Å². The highest BCUT2D eigenvalue weighted by Crippen LogP contribution is 2.33. The molecule has 2 heterocycles. The van der Waals surface area contributed by atoms with Gasteiger partial charge >= 0.3 is 6.01 Å². The molecule has 168 valence electrons. The Labute approximate surface area is 185 Å². The fourth-order valence-corrected chi connectivity index (χ4v) is 3.72. The molecule has 1 aliphatic heterocycles. The Bertz CT molecular complexity index is 1030. The van der Waals surface area contributed by atoms with Crippen molar-refractivity contribution in [2.75, 3.05) is 6.61 Å². The second-order valence-corrected chi connectivity index (χ2v) is 7.78. The van der Waals surface area contributed by atoms with Gasteiger partial charge in [-0.15, -0.1) is 0 Å². The molecule has 2 aromatic carbocycles. The van der Waals surface area contributed by atoms with Gasteiger partial charge in [0.05, 0.1) is 6.61 Å². The van der Waals surface area contributed by atoms with E-state index in [9.17, 15) is 20.4 Å². The Kier molecular flexibility index (Phi) is 6.73. The van der Waals surface area contributed by atoms with E-state index in [2.05, 4.69) is 15.0 Å². The lowest BCUT2D eigenvalue weighted by Crippen LogP contribution is -2.55. The number of nitrogens with zero attached hydrogens (tertiary/aromatic N) is 3. The van der Waals surface area contributed by atoms with Crippen LogP contribution in [0.2, 0.25) is 0 Å². The maximum Gasteiger partial charge on any atom is 0.324 e. The van der Waals surface area contributed by atoms with Crippen molar-refractivity contribution < 1.29 is 29.9 Å². The highest BCUT2D eigenvalue weighted by molar-refractivity contribution is 5.38. The van der Waals surface area contributed by atoms with E-state index in [0.717, 1.165) is 16.7 Å².